The number of aliphatic hydroxyl groups excluding tert-OH is 1. The van der Waals surface area contributed by atoms with Crippen LogP contribution < -0.4 is 0 Å². The highest BCUT2D eigenvalue weighted by Crippen LogP contribution is 2.31. The van der Waals surface area contributed by atoms with Gasteiger partial charge in [-0.15, -0.1) is 0 Å². The summed E-state index contributed by atoms with van der Waals surface area (Å²) in [4.78, 5) is 0. The zero-order valence-electron chi connectivity index (χ0n) is 7.48. The average molecular weight is 198 g/mol. The van der Waals surface area contributed by atoms with Crippen LogP contribution in [0.15, 0.2) is 16.8 Å². The predicted molar refractivity (Wildman–Crippen MR) is 52.9 cm³/mol. The van der Waals surface area contributed by atoms with Gasteiger partial charge in [-0.05, 0) is 41.7 Å². The molecule has 1 aliphatic heterocycles. The van der Waals surface area contributed by atoms with Crippen LogP contribution >= 0.6 is 11.3 Å². The largest absolute Gasteiger partial charge is 0.394 e. The molecular formula is C10H14O2S. The van der Waals surface area contributed by atoms with Gasteiger partial charge in [0, 0.05) is 0 Å². The lowest BCUT2D eigenvalue weighted by Gasteiger charge is -2.28. The third kappa shape index (κ3) is 2.10. The van der Waals surface area contributed by atoms with Gasteiger partial charge in [-0.3, -0.25) is 0 Å². The predicted octanol–water partition coefficient (Wildman–Crippen LogP) is 2.35. The van der Waals surface area contributed by atoms with E-state index in [1.165, 1.54) is 5.56 Å². The number of thiophene rings is 1. The first kappa shape index (κ1) is 9.19. The van der Waals surface area contributed by atoms with E-state index in [9.17, 15) is 0 Å². The number of rotatable bonds is 2. The first-order valence-corrected chi connectivity index (χ1v) is 5.63. The van der Waals surface area contributed by atoms with E-state index in [0.29, 0.717) is 0 Å². The van der Waals surface area contributed by atoms with Crippen LogP contribution in [-0.4, -0.2) is 17.8 Å². The van der Waals surface area contributed by atoms with E-state index in [-0.39, 0.29) is 18.8 Å². The first-order valence-electron chi connectivity index (χ1n) is 4.68. The fraction of sp³-hybridized carbons (Fsp3) is 0.600. The Morgan fingerprint density at radius 1 is 1.54 bits per heavy atom. The Labute approximate surface area is 82.2 Å². The van der Waals surface area contributed by atoms with Gasteiger partial charge in [0.15, 0.2) is 0 Å². The molecule has 3 heteroatoms. The minimum absolute atomic E-state index is 0.0543. The van der Waals surface area contributed by atoms with Crippen molar-refractivity contribution >= 4 is 11.3 Å². The van der Waals surface area contributed by atoms with Crippen molar-refractivity contribution in [1.29, 1.82) is 0 Å². The third-order valence-corrected chi connectivity index (χ3v) is 3.17. The van der Waals surface area contributed by atoms with Gasteiger partial charge >= 0.3 is 0 Å². The van der Waals surface area contributed by atoms with Gasteiger partial charge in [0.1, 0.15) is 0 Å². The van der Waals surface area contributed by atoms with Crippen LogP contribution in [0.3, 0.4) is 0 Å². The molecule has 1 N–H and O–H groups in total. The van der Waals surface area contributed by atoms with Crippen molar-refractivity contribution in [3.63, 3.8) is 0 Å². The highest BCUT2D eigenvalue weighted by molar-refractivity contribution is 7.07. The van der Waals surface area contributed by atoms with Crippen LogP contribution in [0.1, 0.15) is 30.9 Å². The molecule has 0 amide bonds. The van der Waals surface area contributed by atoms with Crippen molar-refractivity contribution in [3.05, 3.63) is 22.4 Å². The van der Waals surface area contributed by atoms with Crippen molar-refractivity contribution in [2.24, 2.45) is 0 Å². The molecule has 1 aromatic heterocycles. The van der Waals surface area contributed by atoms with Gasteiger partial charge in [0.2, 0.25) is 0 Å². The Kier molecular flexibility index (Phi) is 2.98. The first-order chi connectivity index (χ1) is 6.40. The molecule has 72 valence electrons. The van der Waals surface area contributed by atoms with Crippen LogP contribution in [0.2, 0.25) is 0 Å². The van der Waals surface area contributed by atoms with Gasteiger partial charge in [0.25, 0.3) is 0 Å². The van der Waals surface area contributed by atoms with Crippen molar-refractivity contribution in [3.8, 4) is 0 Å². The standard InChI is InChI=1S/C10H14O2S/c11-6-9-2-1-3-10(12-9)8-4-5-13-7-8/h4-5,7,9-11H,1-3,6H2. The van der Waals surface area contributed by atoms with Crippen molar-refractivity contribution in [2.75, 3.05) is 6.61 Å². The summed E-state index contributed by atoms with van der Waals surface area (Å²) in [5, 5.41) is 13.2. The highest BCUT2D eigenvalue weighted by atomic mass is 32.1. The van der Waals surface area contributed by atoms with Crippen molar-refractivity contribution in [2.45, 2.75) is 31.5 Å². The van der Waals surface area contributed by atoms with E-state index < -0.39 is 0 Å². The van der Waals surface area contributed by atoms with Gasteiger partial charge in [-0.2, -0.15) is 11.3 Å². The molecule has 0 spiro atoms. The molecule has 0 aromatic carbocycles. The molecule has 1 aromatic rings. The second kappa shape index (κ2) is 4.22. The minimum Gasteiger partial charge on any atom is -0.394 e. The molecule has 0 aliphatic carbocycles. The van der Waals surface area contributed by atoms with E-state index in [2.05, 4.69) is 16.8 Å². The van der Waals surface area contributed by atoms with Gasteiger partial charge < -0.3 is 9.84 Å². The van der Waals surface area contributed by atoms with Crippen LogP contribution in [0.4, 0.5) is 0 Å². The molecule has 2 unspecified atom stereocenters. The van der Waals surface area contributed by atoms with E-state index >= 15 is 0 Å². The SMILES string of the molecule is OCC1CCCC(c2ccsc2)O1. The van der Waals surface area contributed by atoms with Crippen LogP contribution in [-0.2, 0) is 4.74 Å². The Bertz CT molecular complexity index is 245. The molecule has 0 radical (unpaired) electrons. The maximum atomic E-state index is 8.98. The maximum Gasteiger partial charge on any atom is 0.0837 e. The molecule has 1 fully saturated rings. The Hall–Kier alpha value is -0.380. The molecule has 13 heavy (non-hydrogen) atoms. The summed E-state index contributed by atoms with van der Waals surface area (Å²) >= 11 is 1.70. The van der Waals surface area contributed by atoms with E-state index in [0.717, 1.165) is 19.3 Å². The van der Waals surface area contributed by atoms with E-state index in [4.69, 9.17) is 9.84 Å². The van der Waals surface area contributed by atoms with Gasteiger partial charge in [-0.1, -0.05) is 0 Å². The summed E-state index contributed by atoms with van der Waals surface area (Å²) in [5.74, 6) is 0. The third-order valence-electron chi connectivity index (χ3n) is 2.47. The minimum atomic E-state index is 0.0543. The average Bonchev–Trinajstić information content (AvgIpc) is 2.71. The number of aliphatic hydroxyl groups is 1. The Morgan fingerprint density at radius 2 is 2.46 bits per heavy atom. The lowest BCUT2D eigenvalue weighted by molar-refractivity contribution is -0.0735. The molecule has 0 saturated carbocycles. The van der Waals surface area contributed by atoms with Crippen LogP contribution in [0.25, 0.3) is 0 Å². The molecule has 2 atom stereocenters. The summed E-state index contributed by atoms with van der Waals surface area (Å²) in [6.07, 6.45) is 3.52. The Balaban J connectivity index is 2.00. The fourth-order valence-electron chi connectivity index (χ4n) is 1.74. The number of hydrogen-bond donors (Lipinski definition) is 1. The number of ether oxygens (including phenoxy) is 1. The summed E-state index contributed by atoms with van der Waals surface area (Å²) in [6, 6.07) is 2.11. The normalized spacial score (nSPS) is 29.0. The monoisotopic (exact) mass is 198 g/mol. The van der Waals surface area contributed by atoms with Crippen LogP contribution in [0.5, 0.6) is 0 Å². The Morgan fingerprint density at radius 3 is 3.15 bits per heavy atom. The zero-order chi connectivity index (χ0) is 9.10. The van der Waals surface area contributed by atoms with E-state index in [1.54, 1.807) is 11.3 Å². The summed E-state index contributed by atoms with van der Waals surface area (Å²) in [7, 11) is 0. The molecule has 0 bridgehead atoms. The van der Waals surface area contributed by atoms with E-state index in [1.807, 2.05) is 0 Å². The second-order valence-corrected chi connectivity index (χ2v) is 4.20. The summed E-state index contributed by atoms with van der Waals surface area (Å²) in [6.45, 7) is 0.153. The smallest absolute Gasteiger partial charge is 0.0837 e. The zero-order valence-corrected chi connectivity index (χ0v) is 8.30. The molecule has 2 heterocycles. The maximum absolute atomic E-state index is 8.98. The molecule has 1 aliphatic rings. The topological polar surface area (TPSA) is 29.5 Å². The van der Waals surface area contributed by atoms with Crippen LogP contribution in [0, 0.1) is 0 Å². The second-order valence-electron chi connectivity index (χ2n) is 3.42. The van der Waals surface area contributed by atoms with Gasteiger partial charge in [0.05, 0.1) is 18.8 Å². The van der Waals surface area contributed by atoms with Gasteiger partial charge in [-0.25, -0.2) is 0 Å². The molecule has 2 nitrogen and oxygen atoms in total. The summed E-state index contributed by atoms with van der Waals surface area (Å²) in [5.41, 5.74) is 1.27. The lowest BCUT2D eigenvalue weighted by atomic mass is 10.0. The quantitative estimate of drug-likeness (QED) is 0.790. The lowest BCUT2D eigenvalue weighted by Crippen LogP contribution is -2.25. The number of hydrogen-bond acceptors (Lipinski definition) is 3. The summed E-state index contributed by atoms with van der Waals surface area (Å²) < 4.78 is 5.74. The highest BCUT2D eigenvalue weighted by Gasteiger charge is 2.22. The molecule has 2 rings (SSSR count). The van der Waals surface area contributed by atoms with Crippen molar-refractivity contribution in [1.82, 2.24) is 0 Å². The fourth-order valence-corrected chi connectivity index (χ4v) is 2.44. The van der Waals surface area contributed by atoms with Crippen molar-refractivity contribution < 1.29 is 9.84 Å². The molecular weight excluding hydrogens is 184 g/mol. The molecule has 1 saturated heterocycles.